The van der Waals surface area contributed by atoms with Crippen LogP contribution < -0.4 is 0 Å². The molecule has 0 amide bonds. The number of hydrogen-bond donors (Lipinski definition) is 0. The molecular formula is C20H18N2. The van der Waals surface area contributed by atoms with Gasteiger partial charge in [0.2, 0.25) is 0 Å². The summed E-state index contributed by atoms with van der Waals surface area (Å²) in [5, 5.41) is 2.49. The molecule has 0 aliphatic carbocycles. The van der Waals surface area contributed by atoms with Crippen molar-refractivity contribution in [1.82, 2.24) is 9.55 Å². The predicted octanol–water partition coefficient (Wildman–Crippen LogP) is 5.30. The third-order valence-corrected chi connectivity index (χ3v) is 4.08. The minimum absolute atomic E-state index is 0.371. The first-order valence-corrected chi connectivity index (χ1v) is 7.70. The van der Waals surface area contributed by atoms with Gasteiger partial charge in [-0.2, -0.15) is 0 Å². The van der Waals surface area contributed by atoms with Crippen LogP contribution in [0.5, 0.6) is 0 Å². The zero-order chi connectivity index (χ0) is 15.1. The molecule has 4 aromatic rings. The van der Waals surface area contributed by atoms with E-state index in [-0.39, 0.29) is 0 Å². The number of rotatable bonds is 2. The number of nitrogens with zero attached hydrogens (tertiary/aromatic N) is 2. The molecular weight excluding hydrogens is 268 g/mol. The molecule has 0 unspecified atom stereocenters. The van der Waals surface area contributed by atoms with E-state index in [0.29, 0.717) is 5.92 Å². The fourth-order valence-electron chi connectivity index (χ4n) is 3.02. The van der Waals surface area contributed by atoms with Crippen molar-refractivity contribution in [2.75, 3.05) is 0 Å². The maximum Gasteiger partial charge on any atom is 0.117 e. The lowest BCUT2D eigenvalue weighted by Crippen LogP contribution is -2.02. The van der Waals surface area contributed by atoms with Crippen molar-refractivity contribution in [2.45, 2.75) is 19.8 Å². The molecule has 108 valence electrons. The van der Waals surface area contributed by atoms with Gasteiger partial charge < -0.3 is 0 Å². The lowest BCUT2D eigenvalue weighted by Gasteiger charge is -2.11. The summed E-state index contributed by atoms with van der Waals surface area (Å²) in [7, 11) is 0. The van der Waals surface area contributed by atoms with E-state index in [1.165, 1.54) is 22.0 Å². The van der Waals surface area contributed by atoms with Crippen LogP contribution >= 0.6 is 0 Å². The largest absolute Gasteiger partial charge is 0.296 e. The highest BCUT2D eigenvalue weighted by molar-refractivity contribution is 5.96. The van der Waals surface area contributed by atoms with Gasteiger partial charge in [-0.1, -0.05) is 56.3 Å². The summed E-state index contributed by atoms with van der Waals surface area (Å²) in [6.07, 6.45) is 0. The van der Waals surface area contributed by atoms with E-state index in [1.54, 1.807) is 0 Å². The lowest BCUT2D eigenvalue weighted by atomic mass is 10.1. The number of hydrogen-bond acceptors (Lipinski definition) is 1. The third kappa shape index (κ3) is 2.00. The Labute approximate surface area is 130 Å². The second kappa shape index (κ2) is 4.99. The first kappa shape index (κ1) is 13.1. The molecule has 2 nitrogen and oxygen atoms in total. The Morgan fingerprint density at radius 3 is 2.14 bits per heavy atom. The lowest BCUT2D eigenvalue weighted by molar-refractivity contribution is 0.760. The highest BCUT2D eigenvalue weighted by Crippen LogP contribution is 2.29. The van der Waals surface area contributed by atoms with Crippen LogP contribution in [0.4, 0.5) is 0 Å². The predicted molar refractivity (Wildman–Crippen MR) is 92.7 cm³/mol. The number of aromatic nitrogens is 2. The number of imidazole rings is 1. The third-order valence-electron chi connectivity index (χ3n) is 4.08. The molecule has 0 N–H and O–H groups in total. The summed E-state index contributed by atoms with van der Waals surface area (Å²) < 4.78 is 2.28. The second-order valence-corrected chi connectivity index (χ2v) is 5.98. The molecule has 3 aromatic carbocycles. The van der Waals surface area contributed by atoms with Crippen molar-refractivity contribution < 1.29 is 0 Å². The molecule has 0 radical (unpaired) electrons. The van der Waals surface area contributed by atoms with Crippen LogP contribution in [0, 0.1) is 0 Å². The Balaban J connectivity index is 2.11. The molecule has 0 aliphatic rings. The summed E-state index contributed by atoms with van der Waals surface area (Å²) >= 11 is 0. The molecule has 2 heteroatoms. The summed E-state index contributed by atoms with van der Waals surface area (Å²) in [5.74, 6) is 1.48. The first-order valence-electron chi connectivity index (χ1n) is 7.70. The highest BCUT2D eigenvalue weighted by atomic mass is 15.1. The molecule has 0 fully saturated rings. The normalized spacial score (nSPS) is 11.6. The van der Waals surface area contributed by atoms with Gasteiger partial charge in [0.15, 0.2) is 0 Å². The van der Waals surface area contributed by atoms with Crippen LogP contribution in [0.3, 0.4) is 0 Å². The van der Waals surface area contributed by atoms with E-state index in [4.69, 9.17) is 4.98 Å². The smallest absolute Gasteiger partial charge is 0.117 e. The molecule has 1 aromatic heterocycles. The first-order chi connectivity index (χ1) is 10.7. The number of para-hydroxylation sites is 1. The molecule has 22 heavy (non-hydrogen) atoms. The van der Waals surface area contributed by atoms with Crippen LogP contribution in [-0.4, -0.2) is 9.55 Å². The van der Waals surface area contributed by atoms with Gasteiger partial charge in [-0.15, -0.1) is 0 Å². The number of fused-ring (bicyclic) bond motifs is 2. The Kier molecular flexibility index (Phi) is 2.97. The van der Waals surface area contributed by atoms with E-state index in [1.807, 2.05) is 6.07 Å². The number of benzene rings is 3. The van der Waals surface area contributed by atoms with Crippen LogP contribution in [0.1, 0.15) is 25.6 Å². The van der Waals surface area contributed by atoms with Crippen LogP contribution in [0.2, 0.25) is 0 Å². The second-order valence-electron chi connectivity index (χ2n) is 5.98. The average molecular weight is 286 g/mol. The van der Waals surface area contributed by atoms with Gasteiger partial charge >= 0.3 is 0 Å². The van der Waals surface area contributed by atoms with Gasteiger partial charge in [0.25, 0.3) is 0 Å². The van der Waals surface area contributed by atoms with Crippen molar-refractivity contribution >= 4 is 21.8 Å². The molecule has 0 bridgehead atoms. The summed E-state index contributed by atoms with van der Waals surface area (Å²) in [6, 6.07) is 23.4. The van der Waals surface area contributed by atoms with Crippen LogP contribution in [-0.2, 0) is 0 Å². The Morgan fingerprint density at radius 1 is 0.818 bits per heavy atom. The average Bonchev–Trinajstić information content (AvgIpc) is 2.92. The fraction of sp³-hybridized carbons (Fsp3) is 0.150. The van der Waals surface area contributed by atoms with Crippen molar-refractivity contribution in [1.29, 1.82) is 0 Å². The Bertz CT molecular complexity index is 949. The Hall–Kier alpha value is -2.61. The standard InChI is InChI=1S/C20H18N2/c1-14(2)20-21-18-12-15-8-6-7-9-16(15)13-19(18)22(20)17-10-4-3-5-11-17/h3-14H,1-2H3. The summed E-state index contributed by atoms with van der Waals surface area (Å²) in [6.45, 7) is 4.39. The Morgan fingerprint density at radius 2 is 1.45 bits per heavy atom. The molecule has 0 spiro atoms. The fourth-order valence-corrected chi connectivity index (χ4v) is 3.02. The summed E-state index contributed by atoms with van der Waals surface area (Å²) in [5.41, 5.74) is 3.41. The molecule has 0 saturated heterocycles. The molecule has 0 aliphatic heterocycles. The van der Waals surface area contributed by atoms with Crippen molar-refractivity contribution in [3.05, 3.63) is 72.6 Å². The van der Waals surface area contributed by atoms with E-state index in [0.717, 1.165) is 11.3 Å². The zero-order valence-corrected chi connectivity index (χ0v) is 12.8. The monoisotopic (exact) mass is 286 g/mol. The molecule has 4 rings (SSSR count). The van der Waals surface area contributed by atoms with E-state index in [9.17, 15) is 0 Å². The molecule has 0 saturated carbocycles. The van der Waals surface area contributed by atoms with Crippen molar-refractivity contribution in [3.8, 4) is 5.69 Å². The SMILES string of the molecule is CC(C)c1nc2cc3ccccc3cc2n1-c1ccccc1. The van der Waals surface area contributed by atoms with E-state index >= 15 is 0 Å². The van der Waals surface area contributed by atoms with Gasteiger partial charge in [0, 0.05) is 11.6 Å². The summed E-state index contributed by atoms with van der Waals surface area (Å²) in [4.78, 5) is 4.90. The maximum absolute atomic E-state index is 4.90. The molecule has 1 heterocycles. The van der Waals surface area contributed by atoms with Gasteiger partial charge in [-0.05, 0) is 35.0 Å². The minimum Gasteiger partial charge on any atom is -0.296 e. The topological polar surface area (TPSA) is 17.8 Å². The van der Waals surface area contributed by atoms with E-state index < -0.39 is 0 Å². The quantitative estimate of drug-likeness (QED) is 0.489. The van der Waals surface area contributed by atoms with Gasteiger partial charge in [0.05, 0.1) is 11.0 Å². The van der Waals surface area contributed by atoms with E-state index in [2.05, 4.69) is 79.1 Å². The molecule has 0 atom stereocenters. The maximum atomic E-state index is 4.90. The van der Waals surface area contributed by atoms with Crippen LogP contribution in [0.25, 0.3) is 27.5 Å². The zero-order valence-electron chi connectivity index (χ0n) is 12.8. The van der Waals surface area contributed by atoms with Gasteiger partial charge in [-0.25, -0.2) is 4.98 Å². The van der Waals surface area contributed by atoms with Gasteiger partial charge in [0.1, 0.15) is 5.82 Å². The van der Waals surface area contributed by atoms with Gasteiger partial charge in [-0.3, -0.25) is 4.57 Å². The minimum atomic E-state index is 0.371. The van der Waals surface area contributed by atoms with Crippen molar-refractivity contribution in [2.24, 2.45) is 0 Å². The highest BCUT2D eigenvalue weighted by Gasteiger charge is 2.15. The van der Waals surface area contributed by atoms with Crippen molar-refractivity contribution in [3.63, 3.8) is 0 Å². The van der Waals surface area contributed by atoms with Crippen LogP contribution in [0.15, 0.2) is 66.7 Å².